The van der Waals surface area contributed by atoms with E-state index >= 15 is 0 Å². The molecule has 7 heteroatoms. The molecule has 0 saturated heterocycles. The predicted molar refractivity (Wildman–Crippen MR) is 80.5 cm³/mol. The van der Waals surface area contributed by atoms with Gasteiger partial charge in [-0.25, -0.2) is 0 Å². The number of rotatable bonds is 1. The summed E-state index contributed by atoms with van der Waals surface area (Å²) in [6.45, 7) is 1.93. The van der Waals surface area contributed by atoms with E-state index in [2.05, 4.69) is 15.9 Å². The maximum absolute atomic E-state index is 11.9. The minimum absolute atomic E-state index is 0.0104. The molecule has 0 unspecified atom stereocenters. The van der Waals surface area contributed by atoms with Crippen LogP contribution in [0.4, 0.5) is 0 Å². The minimum atomic E-state index is -2.07. The molecule has 2 nitrogen and oxygen atoms in total. The number of halogens is 4. The summed E-state index contributed by atoms with van der Waals surface area (Å²) in [4.78, 5) is 12.9. The molecule has 0 radical (unpaired) electrons. The van der Waals surface area contributed by atoms with E-state index in [4.69, 9.17) is 34.8 Å². The lowest BCUT2D eigenvalue weighted by molar-refractivity contribution is 0.0994. The Hall–Kier alpha value is -0.000000000000000222. The Labute approximate surface area is 131 Å². The number of aromatic hydroxyl groups is 1. The number of phenolic OH excluding ortho intramolecular Hbond substituents is 1. The van der Waals surface area contributed by atoms with Crippen LogP contribution in [0.15, 0.2) is 16.6 Å². The Bertz CT molecular complexity index is 646. The molecule has 1 N–H and O–H groups in total. The quantitative estimate of drug-likeness (QED) is 0.536. The number of Topliss-reactive ketones (excluding diaryl/α,β-unsaturated/α-hetero) is 1. The van der Waals surface area contributed by atoms with E-state index in [0.717, 1.165) is 19.4 Å². The zero-order valence-electron chi connectivity index (χ0n) is 8.93. The summed E-state index contributed by atoms with van der Waals surface area (Å²) in [6.07, 6.45) is 0. The smallest absolute Gasteiger partial charge is 0.253 e. The summed E-state index contributed by atoms with van der Waals surface area (Å²) in [5.41, 5.74) is 0.0104. The van der Waals surface area contributed by atoms with Gasteiger partial charge in [-0.1, -0.05) is 34.8 Å². The number of carbonyl (C=O) groups is 1. The van der Waals surface area contributed by atoms with Crippen molar-refractivity contribution in [2.75, 3.05) is 0 Å². The molecule has 2 rings (SSSR count). The van der Waals surface area contributed by atoms with Gasteiger partial charge in [-0.2, -0.15) is 0 Å². The fourth-order valence-electron chi connectivity index (χ4n) is 1.56. The van der Waals surface area contributed by atoms with Crippen molar-refractivity contribution in [1.82, 2.24) is 0 Å². The molecule has 96 valence electrons. The molecule has 0 aliphatic heterocycles. The summed E-state index contributed by atoms with van der Waals surface area (Å²) < 4.78 is -0.338. The van der Waals surface area contributed by atoms with Gasteiger partial charge in [0.05, 0.1) is 5.56 Å². The Morgan fingerprint density at radius 3 is 2.56 bits per heavy atom. The van der Waals surface area contributed by atoms with Gasteiger partial charge in [0.2, 0.25) is 5.78 Å². The predicted octanol–water partition coefficient (Wildman–Crippen LogP) is 5.23. The summed E-state index contributed by atoms with van der Waals surface area (Å²) >= 11 is 21.5. The second-order valence-corrected chi connectivity index (χ2v) is 8.00. The van der Waals surface area contributed by atoms with Crippen molar-refractivity contribution < 1.29 is 9.90 Å². The lowest BCUT2D eigenvalue weighted by Crippen LogP contribution is -2.18. The van der Waals surface area contributed by atoms with Crippen LogP contribution in [-0.4, -0.2) is 14.7 Å². The maximum Gasteiger partial charge on any atom is 0.253 e. The Balaban J connectivity index is 2.68. The van der Waals surface area contributed by atoms with E-state index in [1.165, 1.54) is 23.5 Å². The molecule has 0 spiro atoms. The van der Waals surface area contributed by atoms with Crippen LogP contribution in [0.1, 0.15) is 15.2 Å². The monoisotopic (exact) mass is 386 g/mol. The highest BCUT2D eigenvalue weighted by atomic mass is 79.9. The maximum atomic E-state index is 11.9. The van der Waals surface area contributed by atoms with E-state index in [9.17, 15) is 9.90 Å². The first kappa shape index (κ1) is 14.4. The number of alkyl halides is 3. The zero-order valence-corrected chi connectivity index (χ0v) is 13.6. The fourth-order valence-corrected chi connectivity index (χ4v) is 3.54. The number of thiophene rings is 1. The number of phenols is 1. The van der Waals surface area contributed by atoms with Crippen LogP contribution >= 0.6 is 62.1 Å². The summed E-state index contributed by atoms with van der Waals surface area (Å²) in [5.74, 6) is -0.939. The van der Waals surface area contributed by atoms with E-state index in [-0.39, 0.29) is 11.3 Å². The molecule has 0 aliphatic carbocycles. The molecule has 0 atom stereocenters. The van der Waals surface area contributed by atoms with E-state index in [1.54, 1.807) is 0 Å². The van der Waals surface area contributed by atoms with E-state index in [1.807, 2.05) is 6.92 Å². The number of benzene rings is 1. The average Bonchev–Trinajstić information content (AvgIpc) is 2.52. The van der Waals surface area contributed by atoms with Crippen molar-refractivity contribution >= 4 is 77.9 Å². The lowest BCUT2D eigenvalue weighted by Gasteiger charge is -2.10. The van der Waals surface area contributed by atoms with Crippen molar-refractivity contribution in [2.45, 2.75) is 10.7 Å². The van der Waals surface area contributed by atoms with Crippen molar-refractivity contribution in [2.24, 2.45) is 0 Å². The summed E-state index contributed by atoms with van der Waals surface area (Å²) in [6, 6.07) is 3.03. The van der Waals surface area contributed by atoms with Crippen LogP contribution in [-0.2, 0) is 0 Å². The summed E-state index contributed by atoms with van der Waals surface area (Å²) in [5, 5.41) is 10.7. The second-order valence-electron chi connectivity index (χ2n) is 3.66. The third-order valence-corrected chi connectivity index (χ3v) is 5.28. The summed E-state index contributed by atoms with van der Waals surface area (Å²) in [7, 11) is 0. The van der Waals surface area contributed by atoms with E-state index < -0.39 is 9.58 Å². The molecular weight excluding hydrogens is 382 g/mol. The number of fused-ring (bicyclic) bond motifs is 1. The van der Waals surface area contributed by atoms with Gasteiger partial charge in [0, 0.05) is 19.4 Å². The highest BCUT2D eigenvalue weighted by Gasteiger charge is 2.33. The number of carbonyl (C=O) groups excluding carboxylic acids is 1. The van der Waals surface area contributed by atoms with Crippen LogP contribution in [0.3, 0.4) is 0 Å². The first-order chi connectivity index (χ1) is 8.21. The molecule has 2 aromatic rings. The van der Waals surface area contributed by atoms with Gasteiger partial charge in [0.25, 0.3) is 3.79 Å². The molecule has 0 bridgehead atoms. The van der Waals surface area contributed by atoms with Gasteiger partial charge in [-0.15, -0.1) is 11.3 Å². The minimum Gasteiger partial charge on any atom is -0.507 e. The molecule has 0 saturated carbocycles. The first-order valence-electron chi connectivity index (χ1n) is 4.75. The zero-order chi connectivity index (χ0) is 13.7. The van der Waals surface area contributed by atoms with Crippen molar-refractivity contribution in [3.63, 3.8) is 0 Å². The third kappa shape index (κ3) is 2.49. The largest absolute Gasteiger partial charge is 0.507 e. The molecule has 0 fully saturated rings. The van der Waals surface area contributed by atoms with Gasteiger partial charge in [-0.05, 0) is 35.0 Å². The second kappa shape index (κ2) is 4.84. The molecular formula is C11H6BrCl3O2S. The molecule has 18 heavy (non-hydrogen) atoms. The van der Waals surface area contributed by atoms with Gasteiger partial charge < -0.3 is 5.11 Å². The number of hydrogen-bond acceptors (Lipinski definition) is 3. The highest BCUT2D eigenvalue weighted by Crippen LogP contribution is 2.40. The highest BCUT2D eigenvalue weighted by molar-refractivity contribution is 9.10. The molecule has 0 amide bonds. The number of ketones is 1. The Morgan fingerprint density at radius 1 is 1.39 bits per heavy atom. The first-order valence-corrected chi connectivity index (χ1v) is 7.49. The molecule has 1 aromatic carbocycles. The van der Waals surface area contributed by atoms with Gasteiger partial charge >= 0.3 is 0 Å². The topological polar surface area (TPSA) is 37.3 Å². The molecule has 0 aliphatic rings. The Kier molecular flexibility index (Phi) is 3.87. The van der Waals surface area contributed by atoms with Gasteiger partial charge in [0.15, 0.2) is 0 Å². The standard InChI is InChI=1S/C11H6BrCl3O2S/c1-4-9(12)6-2-7(16)5(3-8(6)18-4)10(17)11(13,14)15/h2-3,16H,1H3. The van der Waals surface area contributed by atoms with Crippen molar-refractivity contribution in [3.8, 4) is 5.75 Å². The van der Waals surface area contributed by atoms with Crippen LogP contribution in [0.25, 0.3) is 10.1 Å². The van der Waals surface area contributed by atoms with Crippen molar-refractivity contribution in [1.29, 1.82) is 0 Å². The lowest BCUT2D eigenvalue weighted by atomic mass is 10.1. The van der Waals surface area contributed by atoms with E-state index in [0.29, 0.717) is 0 Å². The normalized spacial score (nSPS) is 12.1. The van der Waals surface area contributed by atoms with Crippen LogP contribution in [0.2, 0.25) is 0 Å². The van der Waals surface area contributed by atoms with Crippen LogP contribution in [0.5, 0.6) is 5.75 Å². The average molecular weight is 388 g/mol. The third-order valence-electron chi connectivity index (χ3n) is 2.41. The number of aryl methyl sites for hydroxylation is 1. The van der Waals surface area contributed by atoms with Gasteiger partial charge in [-0.3, -0.25) is 4.79 Å². The fraction of sp³-hybridized carbons (Fsp3) is 0.182. The van der Waals surface area contributed by atoms with Gasteiger partial charge in [0.1, 0.15) is 5.75 Å². The van der Waals surface area contributed by atoms with Crippen LogP contribution in [0, 0.1) is 6.92 Å². The van der Waals surface area contributed by atoms with Crippen molar-refractivity contribution in [3.05, 3.63) is 27.0 Å². The van der Waals surface area contributed by atoms with Crippen LogP contribution < -0.4 is 0 Å². The SMILES string of the molecule is Cc1sc2cc(C(=O)C(Cl)(Cl)Cl)c(O)cc2c1Br. The molecule has 1 aromatic heterocycles. The number of hydrogen-bond donors (Lipinski definition) is 1. The molecule has 1 heterocycles. The Morgan fingerprint density at radius 2 is 2.00 bits per heavy atom.